The zero-order valence-electron chi connectivity index (χ0n) is 17.7. The van der Waals surface area contributed by atoms with Crippen LogP contribution >= 0.6 is 11.8 Å². The third kappa shape index (κ3) is 5.07. The van der Waals surface area contributed by atoms with Crippen LogP contribution in [0.3, 0.4) is 0 Å². The summed E-state index contributed by atoms with van der Waals surface area (Å²) in [4.78, 5) is 52.7. The number of hydrogen-bond donors (Lipinski definition) is 1. The molecule has 0 spiro atoms. The molecule has 1 aromatic carbocycles. The zero-order chi connectivity index (χ0) is 23.4. The molecule has 1 unspecified atom stereocenters. The fourth-order valence-corrected chi connectivity index (χ4v) is 3.61. The van der Waals surface area contributed by atoms with E-state index in [1.54, 1.807) is 6.92 Å². The van der Waals surface area contributed by atoms with Gasteiger partial charge in [0.1, 0.15) is 17.7 Å². The second-order valence-electron chi connectivity index (χ2n) is 6.99. The van der Waals surface area contributed by atoms with Gasteiger partial charge in [0, 0.05) is 19.8 Å². The number of hydrogen-bond acceptors (Lipinski definition) is 7. The lowest BCUT2D eigenvalue weighted by molar-refractivity contribution is -0.142. The van der Waals surface area contributed by atoms with Gasteiger partial charge in [0.05, 0.1) is 18.6 Å². The maximum atomic E-state index is 12.9. The predicted octanol–water partition coefficient (Wildman–Crippen LogP) is 0.876. The van der Waals surface area contributed by atoms with E-state index in [9.17, 15) is 23.6 Å². The lowest BCUT2D eigenvalue weighted by Crippen LogP contribution is -2.37. The van der Waals surface area contributed by atoms with Crippen molar-refractivity contribution in [1.29, 1.82) is 0 Å². The number of benzene rings is 1. The Labute approximate surface area is 186 Å². The van der Waals surface area contributed by atoms with Gasteiger partial charge in [-0.3, -0.25) is 23.5 Å². The molecule has 0 fully saturated rings. The standard InChI is InChI=1S/C20H22FN5O5S/c1-12(32-10-15(27)23-14-6-4-13(21)5-7-14)19(29)31-9-8-26-11-22-17-16(26)18(28)25(3)20(30)24(17)2/h4-7,11-12H,8-10H2,1-3H3,(H,23,27). The number of ether oxygens (including phenoxy) is 1. The van der Waals surface area contributed by atoms with Crippen molar-refractivity contribution < 1.29 is 18.7 Å². The SMILES string of the molecule is CC(SCC(=O)Nc1ccc(F)cc1)C(=O)OCCn1cnc2c1c(=O)n(C)c(=O)n2C. The quantitative estimate of drug-likeness (QED) is 0.493. The summed E-state index contributed by atoms with van der Waals surface area (Å²) in [5.74, 6) is -1.21. The van der Waals surface area contributed by atoms with Gasteiger partial charge in [-0.15, -0.1) is 11.8 Å². The van der Waals surface area contributed by atoms with E-state index in [1.165, 1.54) is 53.8 Å². The Kier molecular flexibility index (Phi) is 7.13. The Balaban J connectivity index is 1.50. The summed E-state index contributed by atoms with van der Waals surface area (Å²) >= 11 is 1.10. The van der Waals surface area contributed by atoms with Crippen LogP contribution in [0.4, 0.5) is 10.1 Å². The molecule has 170 valence electrons. The lowest BCUT2D eigenvalue weighted by Gasteiger charge is -2.12. The van der Waals surface area contributed by atoms with Crippen LogP contribution in [-0.2, 0) is 35.0 Å². The minimum atomic E-state index is -0.595. The number of rotatable bonds is 8. The van der Waals surface area contributed by atoms with E-state index >= 15 is 0 Å². The summed E-state index contributed by atoms with van der Waals surface area (Å²) in [6.45, 7) is 1.79. The molecule has 0 aliphatic heterocycles. The summed E-state index contributed by atoms with van der Waals surface area (Å²) in [6, 6.07) is 5.37. The number of nitrogens with one attached hydrogen (secondary N) is 1. The molecule has 12 heteroatoms. The molecular weight excluding hydrogens is 441 g/mol. The van der Waals surface area contributed by atoms with Crippen LogP contribution < -0.4 is 16.6 Å². The molecule has 0 saturated carbocycles. The molecule has 0 saturated heterocycles. The summed E-state index contributed by atoms with van der Waals surface area (Å²) in [6.07, 6.45) is 1.41. The second-order valence-corrected chi connectivity index (χ2v) is 8.32. The number of aryl methyl sites for hydroxylation is 1. The molecule has 0 radical (unpaired) electrons. The highest BCUT2D eigenvalue weighted by molar-refractivity contribution is 8.01. The molecule has 2 aromatic heterocycles. The van der Waals surface area contributed by atoms with E-state index < -0.39 is 28.3 Å². The molecule has 0 aliphatic rings. The van der Waals surface area contributed by atoms with E-state index in [0.29, 0.717) is 5.69 Å². The molecule has 1 amide bonds. The highest BCUT2D eigenvalue weighted by atomic mass is 32.2. The Morgan fingerprint density at radius 1 is 1.19 bits per heavy atom. The van der Waals surface area contributed by atoms with Crippen LogP contribution in [-0.4, -0.2) is 48.2 Å². The fraction of sp³-hybridized carbons (Fsp3) is 0.350. The first-order valence-corrected chi connectivity index (χ1v) is 10.7. The fourth-order valence-electron chi connectivity index (χ4n) is 2.93. The van der Waals surface area contributed by atoms with Crippen LogP contribution in [0, 0.1) is 5.82 Å². The van der Waals surface area contributed by atoms with Gasteiger partial charge in [-0.1, -0.05) is 0 Å². The van der Waals surface area contributed by atoms with Crippen LogP contribution in [0.5, 0.6) is 0 Å². The van der Waals surface area contributed by atoms with Crippen molar-refractivity contribution in [2.75, 3.05) is 17.7 Å². The normalized spacial score (nSPS) is 12.0. The maximum absolute atomic E-state index is 12.9. The second kappa shape index (κ2) is 9.81. The Morgan fingerprint density at radius 3 is 2.56 bits per heavy atom. The summed E-state index contributed by atoms with van der Waals surface area (Å²) in [7, 11) is 2.90. The van der Waals surface area contributed by atoms with Gasteiger partial charge in [0.2, 0.25) is 5.91 Å². The van der Waals surface area contributed by atoms with Gasteiger partial charge in [0.15, 0.2) is 11.2 Å². The minimum absolute atomic E-state index is 0.0109. The summed E-state index contributed by atoms with van der Waals surface area (Å²) in [5, 5.41) is 2.02. The first kappa shape index (κ1) is 23.3. The third-order valence-electron chi connectivity index (χ3n) is 4.72. The molecule has 3 aromatic rings. The molecule has 10 nitrogen and oxygen atoms in total. The number of amides is 1. The largest absolute Gasteiger partial charge is 0.463 e. The molecule has 32 heavy (non-hydrogen) atoms. The average molecular weight is 463 g/mol. The Bertz CT molecular complexity index is 1260. The summed E-state index contributed by atoms with van der Waals surface area (Å²) in [5.41, 5.74) is -0.00834. The number of fused-ring (bicyclic) bond motifs is 1. The molecular formula is C20H22FN5O5S. The molecule has 0 bridgehead atoms. The Morgan fingerprint density at radius 2 is 1.88 bits per heavy atom. The first-order valence-electron chi connectivity index (χ1n) is 9.63. The number of nitrogens with zero attached hydrogens (tertiary/aromatic N) is 4. The monoisotopic (exact) mass is 463 g/mol. The highest BCUT2D eigenvalue weighted by Crippen LogP contribution is 2.14. The lowest BCUT2D eigenvalue weighted by atomic mass is 10.3. The predicted molar refractivity (Wildman–Crippen MR) is 118 cm³/mol. The van der Waals surface area contributed by atoms with E-state index in [4.69, 9.17) is 4.74 Å². The van der Waals surface area contributed by atoms with E-state index in [1.807, 2.05) is 0 Å². The number of thioether (sulfide) groups is 1. The molecule has 0 aliphatic carbocycles. The van der Waals surface area contributed by atoms with Gasteiger partial charge in [0.25, 0.3) is 5.56 Å². The van der Waals surface area contributed by atoms with Crippen LogP contribution in [0.15, 0.2) is 40.2 Å². The maximum Gasteiger partial charge on any atom is 0.332 e. The van der Waals surface area contributed by atoms with E-state index in [-0.39, 0.29) is 36.0 Å². The minimum Gasteiger partial charge on any atom is -0.463 e. The van der Waals surface area contributed by atoms with E-state index in [0.717, 1.165) is 16.3 Å². The van der Waals surface area contributed by atoms with Crippen LogP contribution in [0.25, 0.3) is 11.2 Å². The van der Waals surface area contributed by atoms with Crippen molar-refractivity contribution in [2.24, 2.45) is 14.1 Å². The number of anilines is 1. The Hall–Kier alpha value is -3.41. The average Bonchev–Trinajstić information content (AvgIpc) is 3.20. The van der Waals surface area contributed by atoms with Gasteiger partial charge in [-0.05, 0) is 31.2 Å². The van der Waals surface area contributed by atoms with Crippen molar-refractivity contribution >= 4 is 40.5 Å². The number of imidazole rings is 1. The first-order chi connectivity index (χ1) is 15.2. The number of carbonyl (C=O) groups excluding carboxylic acids is 2. The molecule has 2 heterocycles. The number of aromatic nitrogens is 4. The molecule has 3 rings (SSSR count). The van der Waals surface area contributed by atoms with Gasteiger partial charge in [-0.2, -0.15) is 0 Å². The van der Waals surface area contributed by atoms with E-state index in [2.05, 4.69) is 10.3 Å². The van der Waals surface area contributed by atoms with Crippen molar-refractivity contribution in [1.82, 2.24) is 18.7 Å². The van der Waals surface area contributed by atoms with Crippen molar-refractivity contribution in [3.05, 3.63) is 57.2 Å². The van der Waals surface area contributed by atoms with Gasteiger partial charge in [-0.25, -0.2) is 14.2 Å². The number of carbonyl (C=O) groups is 2. The topological polar surface area (TPSA) is 117 Å². The third-order valence-corrected chi connectivity index (χ3v) is 5.84. The smallest absolute Gasteiger partial charge is 0.332 e. The molecule has 1 N–H and O–H groups in total. The van der Waals surface area contributed by atoms with Gasteiger partial charge < -0.3 is 14.6 Å². The van der Waals surface area contributed by atoms with Crippen LogP contribution in [0.2, 0.25) is 0 Å². The zero-order valence-corrected chi connectivity index (χ0v) is 18.5. The number of halogens is 1. The van der Waals surface area contributed by atoms with Crippen molar-refractivity contribution in [3.8, 4) is 0 Å². The summed E-state index contributed by atoms with van der Waals surface area (Å²) < 4.78 is 21.9. The van der Waals surface area contributed by atoms with Crippen molar-refractivity contribution in [2.45, 2.75) is 18.7 Å². The van der Waals surface area contributed by atoms with Crippen LogP contribution in [0.1, 0.15) is 6.92 Å². The van der Waals surface area contributed by atoms with Crippen molar-refractivity contribution in [3.63, 3.8) is 0 Å². The number of esters is 1. The van der Waals surface area contributed by atoms with Gasteiger partial charge >= 0.3 is 11.7 Å². The molecule has 1 atom stereocenters. The highest BCUT2D eigenvalue weighted by Gasteiger charge is 2.18.